The third-order valence-corrected chi connectivity index (χ3v) is 2.66. The quantitative estimate of drug-likeness (QED) is 0.766. The number of nitrogen functional groups attached to an aromatic ring is 1. The smallest absolute Gasteiger partial charge is 0.277 e. The molecule has 0 spiro atoms. The maximum atomic E-state index is 11.6. The highest BCUT2D eigenvalue weighted by molar-refractivity contribution is 7.98. The fraction of sp³-hybridized carbons (Fsp3) is 0.625. The molecule has 1 heterocycles. The van der Waals surface area contributed by atoms with Crippen LogP contribution in [0.25, 0.3) is 0 Å². The molecule has 0 saturated heterocycles. The van der Waals surface area contributed by atoms with Crippen molar-refractivity contribution in [1.29, 1.82) is 0 Å². The van der Waals surface area contributed by atoms with Gasteiger partial charge in [0.2, 0.25) is 11.5 Å². The molecule has 1 amide bonds. The van der Waals surface area contributed by atoms with E-state index in [4.69, 9.17) is 5.73 Å². The summed E-state index contributed by atoms with van der Waals surface area (Å²) in [5.74, 6) is 0.536. The van der Waals surface area contributed by atoms with Gasteiger partial charge in [0.1, 0.15) is 0 Å². The number of carbonyl (C=O) groups is 1. The fourth-order valence-electron chi connectivity index (χ4n) is 1.07. The summed E-state index contributed by atoms with van der Waals surface area (Å²) < 4.78 is 4.35. The molecule has 15 heavy (non-hydrogen) atoms. The molecule has 1 unspecified atom stereocenters. The Balaban J connectivity index is 2.58. The van der Waals surface area contributed by atoms with Crippen LogP contribution >= 0.6 is 11.8 Å². The van der Waals surface area contributed by atoms with Crippen LogP contribution in [-0.4, -0.2) is 34.3 Å². The number of nitrogens with two attached hydrogens (primary N) is 1. The molecule has 0 fully saturated rings. The van der Waals surface area contributed by atoms with Crippen LogP contribution in [0.3, 0.4) is 0 Å². The van der Waals surface area contributed by atoms with E-state index in [1.165, 1.54) is 0 Å². The number of nitrogens with zero attached hydrogens (tertiary/aromatic N) is 2. The minimum atomic E-state index is -0.338. The van der Waals surface area contributed by atoms with Crippen molar-refractivity contribution in [3.8, 4) is 0 Å². The SMILES string of the molecule is CCC(CSC)NC(=O)c1nonc1N. The first-order valence-corrected chi connectivity index (χ1v) is 5.96. The zero-order valence-corrected chi connectivity index (χ0v) is 9.50. The summed E-state index contributed by atoms with van der Waals surface area (Å²) in [4.78, 5) is 11.6. The molecule has 1 aromatic rings. The van der Waals surface area contributed by atoms with E-state index >= 15 is 0 Å². The molecule has 0 aliphatic carbocycles. The summed E-state index contributed by atoms with van der Waals surface area (Å²) in [5.41, 5.74) is 5.45. The highest BCUT2D eigenvalue weighted by Gasteiger charge is 2.18. The molecule has 0 bridgehead atoms. The predicted molar refractivity (Wildman–Crippen MR) is 58.6 cm³/mol. The number of carbonyl (C=O) groups excluding carboxylic acids is 1. The lowest BCUT2D eigenvalue weighted by atomic mass is 10.2. The minimum absolute atomic E-state index is 0.0199. The minimum Gasteiger partial charge on any atom is -0.379 e. The third-order valence-electron chi connectivity index (χ3n) is 1.92. The first-order valence-electron chi connectivity index (χ1n) is 4.56. The molecule has 0 aromatic carbocycles. The van der Waals surface area contributed by atoms with Crippen LogP contribution in [-0.2, 0) is 0 Å². The van der Waals surface area contributed by atoms with E-state index in [1.807, 2.05) is 13.2 Å². The van der Waals surface area contributed by atoms with Crippen LogP contribution in [0.1, 0.15) is 23.8 Å². The first kappa shape index (κ1) is 11.8. The maximum absolute atomic E-state index is 11.6. The highest BCUT2D eigenvalue weighted by Crippen LogP contribution is 2.06. The van der Waals surface area contributed by atoms with Gasteiger partial charge in [0.15, 0.2) is 0 Å². The van der Waals surface area contributed by atoms with E-state index in [0.29, 0.717) is 0 Å². The Hall–Kier alpha value is -1.24. The van der Waals surface area contributed by atoms with Gasteiger partial charge < -0.3 is 11.1 Å². The van der Waals surface area contributed by atoms with E-state index < -0.39 is 0 Å². The molecular weight excluding hydrogens is 216 g/mol. The second-order valence-corrected chi connectivity index (χ2v) is 3.94. The number of thioether (sulfide) groups is 1. The van der Waals surface area contributed by atoms with Gasteiger partial charge in [0.05, 0.1) is 0 Å². The number of anilines is 1. The van der Waals surface area contributed by atoms with Gasteiger partial charge in [-0.15, -0.1) is 0 Å². The van der Waals surface area contributed by atoms with Gasteiger partial charge in [-0.3, -0.25) is 4.79 Å². The van der Waals surface area contributed by atoms with E-state index in [2.05, 4.69) is 20.3 Å². The van der Waals surface area contributed by atoms with Crippen LogP contribution < -0.4 is 11.1 Å². The van der Waals surface area contributed by atoms with Crippen molar-refractivity contribution in [2.75, 3.05) is 17.7 Å². The van der Waals surface area contributed by atoms with Crippen LogP contribution in [0, 0.1) is 0 Å². The second kappa shape index (κ2) is 5.59. The standard InChI is InChI=1S/C8H14N4O2S/c1-3-5(4-15-2)10-8(13)6-7(9)12-14-11-6/h5H,3-4H2,1-2H3,(H2,9,12)(H,10,13). The van der Waals surface area contributed by atoms with Crippen molar-refractivity contribution in [3.63, 3.8) is 0 Å². The molecule has 0 aliphatic rings. The maximum Gasteiger partial charge on any atom is 0.277 e. The summed E-state index contributed by atoms with van der Waals surface area (Å²) >= 11 is 1.67. The van der Waals surface area contributed by atoms with Gasteiger partial charge >= 0.3 is 0 Å². The molecule has 7 heteroatoms. The Morgan fingerprint density at radius 1 is 1.67 bits per heavy atom. The van der Waals surface area contributed by atoms with Gasteiger partial charge in [-0.2, -0.15) is 11.8 Å². The highest BCUT2D eigenvalue weighted by atomic mass is 32.2. The first-order chi connectivity index (χ1) is 7.19. The van der Waals surface area contributed by atoms with E-state index in [1.54, 1.807) is 11.8 Å². The normalized spacial score (nSPS) is 12.4. The van der Waals surface area contributed by atoms with Gasteiger partial charge in [-0.25, -0.2) is 4.63 Å². The molecule has 1 aromatic heterocycles. The molecule has 0 saturated carbocycles. The molecule has 1 rings (SSSR count). The largest absolute Gasteiger partial charge is 0.379 e. The number of amides is 1. The summed E-state index contributed by atoms with van der Waals surface area (Å²) in [6.45, 7) is 2.01. The Labute approximate surface area is 91.9 Å². The van der Waals surface area contributed by atoms with E-state index in [-0.39, 0.29) is 23.5 Å². The fourth-order valence-corrected chi connectivity index (χ4v) is 1.79. The van der Waals surface area contributed by atoms with Crippen molar-refractivity contribution in [3.05, 3.63) is 5.69 Å². The third kappa shape index (κ3) is 3.12. The summed E-state index contributed by atoms with van der Waals surface area (Å²) in [5, 5.41) is 9.58. The van der Waals surface area contributed by atoms with Crippen LogP contribution in [0.2, 0.25) is 0 Å². The lowest BCUT2D eigenvalue weighted by Crippen LogP contribution is -2.36. The molecule has 3 N–H and O–H groups in total. The average Bonchev–Trinajstić information content (AvgIpc) is 2.63. The van der Waals surface area contributed by atoms with Crippen molar-refractivity contribution in [1.82, 2.24) is 15.6 Å². The molecule has 6 nitrogen and oxygen atoms in total. The lowest BCUT2D eigenvalue weighted by molar-refractivity contribution is 0.0930. The van der Waals surface area contributed by atoms with Crippen molar-refractivity contribution in [2.24, 2.45) is 0 Å². The Morgan fingerprint density at radius 3 is 2.87 bits per heavy atom. The van der Waals surface area contributed by atoms with Gasteiger partial charge in [-0.05, 0) is 23.0 Å². The Morgan fingerprint density at radius 2 is 2.40 bits per heavy atom. The zero-order valence-electron chi connectivity index (χ0n) is 8.69. The van der Waals surface area contributed by atoms with E-state index in [0.717, 1.165) is 12.2 Å². The molecule has 84 valence electrons. The average molecular weight is 230 g/mol. The summed E-state index contributed by atoms with van der Waals surface area (Å²) in [6.07, 6.45) is 2.85. The van der Waals surface area contributed by atoms with Gasteiger partial charge in [-0.1, -0.05) is 6.92 Å². The Bertz CT molecular complexity index is 328. The van der Waals surface area contributed by atoms with Crippen molar-refractivity contribution < 1.29 is 9.42 Å². The topological polar surface area (TPSA) is 94.0 Å². The van der Waals surface area contributed by atoms with Crippen LogP contribution in [0.4, 0.5) is 5.82 Å². The van der Waals surface area contributed by atoms with Crippen molar-refractivity contribution in [2.45, 2.75) is 19.4 Å². The number of nitrogens with one attached hydrogen (secondary N) is 1. The van der Waals surface area contributed by atoms with Crippen molar-refractivity contribution >= 4 is 23.5 Å². The monoisotopic (exact) mass is 230 g/mol. The molecular formula is C8H14N4O2S. The summed E-state index contributed by atoms with van der Waals surface area (Å²) in [7, 11) is 0. The molecule has 0 radical (unpaired) electrons. The predicted octanol–water partition coefficient (Wildman–Crippen LogP) is 0.523. The number of rotatable bonds is 5. The molecule has 1 atom stereocenters. The second-order valence-electron chi connectivity index (χ2n) is 3.03. The number of aromatic nitrogens is 2. The van der Waals surface area contributed by atoms with Crippen LogP contribution in [0.5, 0.6) is 0 Å². The lowest BCUT2D eigenvalue weighted by Gasteiger charge is -2.14. The van der Waals surface area contributed by atoms with Crippen LogP contribution in [0.15, 0.2) is 4.63 Å². The zero-order chi connectivity index (χ0) is 11.3. The molecule has 0 aliphatic heterocycles. The Kier molecular flexibility index (Phi) is 4.41. The number of hydrogen-bond donors (Lipinski definition) is 2. The summed E-state index contributed by atoms with van der Waals surface area (Å²) in [6, 6.07) is 0.114. The van der Waals surface area contributed by atoms with Gasteiger partial charge in [0.25, 0.3) is 5.91 Å². The van der Waals surface area contributed by atoms with Gasteiger partial charge in [0, 0.05) is 11.8 Å². The number of hydrogen-bond acceptors (Lipinski definition) is 6. The van der Waals surface area contributed by atoms with E-state index in [9.17, 15) is 4.79 Å².